The average Bonchev–Trinajstić information content (AvgIpc) is 2.29. The Morgan fingerprint density at radius 2 is 1.81 bits per heavy atom. The van der Waals surface area contributed by atoms with E-state index in [2.05, 4.69) is 4.74 Å². The largest absolute Gasteiger partial charge is 1.00 e. The third kappa shape index (κ3) is 4.91. The zero-order chi connectivity index (χ0) is 11.1. The van der Waals surface area contributed by atoms with Gasteiger partial charge in [0.05, 0.1) is 7.11 Å². The number of ether oxygens (including phenoxy) is 1. The zero-order valence-electron chi connectivity index (χ0n) is 8.98. The van der Waals surface area contributed by atoms with E-state index in [9.17, 15) is 9.59 Å². The van der Waals surface area contributed by atoms with Crippen molar-refractivity contribution in [3.63, 3.8) is 0 Å². The summed E-state index contributed by atoms with van der Waals surface area (Å²) >= 11 is 0. The molecule has 88 valence electrons. The van der Waals surface area contributed by atoms with Crippen molar-refractivity contribution in [3.05, 3.63) is 35.9 Å². The fourth-order valence-corrected chi connectivity index (χ4v) is 1.15. The van der Waals surface area contributed by atoms with E-state index in [1.165, 1.54) is 7.11 Å². The summed E-state index contributed by atoms with van der Waals surface area (Å²) in [4.78, 5) is 22.3. The topological polar surface area (TPSA) is 60.0 Å². The molecule has 0 spiro atoms. The second-order valence-electron chi connectivity index (χ2n) is 3.06. The summed E-state index contributed by atoms with van der Waals surface area (Å²) in [7, 11) is 1.33. The van der Waals surface area contributed by atoms with Crippen LogP contribution in [-0.4, -0.2) is 32.0 Å². The molecule has 0 bridgehead atoms. The van der Waals surface area contributed by atoms with E-state index in [4.69, 9.17) is 0 Å². The average molecular weight is 244 g/mol. The fraction of sp³-hybridized carbons (Fsp3) is 0.273. The molecule has 0 heterocycles. The monoisotopic (exact) mass is 243 g/mol. The molecule has 0 saturated carbocycles. The molecule has 2 N–H and O–H groups in total. The van der Waals surface area contributed by atoms with E-state index < -0.39 is 0 Å². The van der Waals surface area contributed by atoms with Gasteiger partial charge in [-0.1, -0.05) is 30.3 Å². The maximum absolute atomic E-state index is 11.5. The van der Waals surface area contributed by atoms with Gasteiger partial charge < -0.3 is 22.5 Å². The first-order valence-electron chi connectivity index (χ1n) is 4.70. The highest BCUT2D eigenvalue weighted by Gasteiger charge is 2.08. The normalized spacial score (nSPS) is 9.06. The van der Waals surface area contributed by atoms with Crippen molar-refractivity contribution in [2.45, 2.75) is 0 Å². The van der Waals surface area contributed by atoms with E-state index in [0.29, 0.717) is 5.56 Å². The number of benzene rings is 1. The molecule has 1 rings (SSSR count). The third-order valence-corrected chi connectivity index (χ3v) is 1.96. The minimum absolute atomic E-state index is 0. The fourth-order valence-electron chi connectivity index (χ4n) is 1.15. The Kier molecular flexibility index (Phi) is 7.16. The van der Waals surface area contributed by atoms with Crippen molar-refractivity contribution in [3.8, 4) is 0 Å². The number of carbonyl (C=O) groups excluding carboxylic acids is 2. The van der Waals surface area contributed by atoms with Gasteiger partial charge in [0.2, 0.25) is 5.78 Å². The molecule has 0 fully saturated rings. The molecule has 0 aliphatic rings. The molecular formula is C11H14ClNO3. The number of carbonyl (C=O) groups is 2. The Bertz CT molecular complexity index is 340. The van der Waals surface area contributed by atoms with Gasteiger partial charge in [-0.05, 0) is 0 Å². The Labute approximate surface area is 100 Å². The molecule has 4 nitrogen and oxygen atoms in total. The van der Waals surface area contributed by atoms with Crippen LogP contribution >= 0.6 is 0 Å². The maximum Gasteiger partial charge on any atom is 0.361 e. The van der Waals surface area contributed by atoms with E-state index >= 15 is 0 Å². The van der Waals surface area contributed by atoms with Crippen LogP contribution in [-0.2, 0) is 9.53 Å². The van der Waals surface area contributed by atoms with Gasteiger partial charge in [-0.15, -0.1) is 0 Å². The lowest BCUT2D eigenvalue weighted by Gasteiger charge is -2.00. The van der Waals surface area contributed by atoms with Gasteiger partial charge in [0.15, 0.2) is 6.54 Å². The Balaban J connectivity index is 0.00000225. The molecule has 0 atom stereocenters. The molecule has 0 amide bonds. The standard InChI is InChI=1S/C11H13NO3.ClH/c1-15-11(14)8-12-7-10(13)9-5-3-2-4-6-9;/h2-6,12H,7-8H2,1H3;1H. The molecule has 16 heavy (non-hydrogen) atoms. The lowest BCUT2D eigenvalue weighted by Crippen LogP contribution is -3.00. The third-order valence-electron chi connectivity index (χ3n) is 1.96. The molecular weight excluding hydrogens is 230 g/mol. The van der Waals surface area contributed by atoms with E-state index in [-0.39, 0.29) is 37.2 Å². The van der Waals surface area contributed by atoms with Crippen LogP contribution in [0.4, 0.5) is 0 Å². The van der Waals surface area contributed by atoms with Crippen molar-refractivity contribution in [1.29, 1.82) is 0 Å². The van der Waals surface area contributed by atoms with Crippen LogP contribution in [0.1, 0.15) is 10.4 Å². The number of nitrogens with two attached hydrogens (primary N) is 1. The lowest BCUT2D eigenvalue weighted by atomic mass is 10.1. The summed E-state index contributed by atoms with van der Waals surface area (Å²) in [6.45, 7) is 0.439. The van der Waals surface area contributed by atoms with E-state index in [1.807, 2.05) is 18.2 Å². The second-order valence-corrected chi connectivity index (χ2v) is 3.06. The number of Topliss-reactive ketones (excluding diaryl/α,β-unsaturated/α-hetero) is 1. The molecule has 0 radical (unpaired) electrons. The van der Waals surface area contributed by atoms with Crippen molar-refractivity contribution in [1.82, 2.24) is 0 Å². The van der Waals surface area contributed by atoms with Crippen LogP contribution in [0, 0.1) is 0 Å². The van der Waals surface area contributed by atoms with Crippen LogP contribution in [0.2, 0.25) is 0 Å². The van der Waals surface area contributed by atoms with E-state index in [0.717, 1.165) is 0 Å². The number of halogens is 1. The van der Waals surface area contributed by atoms with Crippen molar-refractivity contribution in [2.24, 2.45) is 0 Å². The number of esters is 1. The van der Waals surface area contributed by atoms with Gasteiger partial charge in [-0.3, -0.25) is 4.79 Å². The number of ketones is 1. The van der Waals surface area contributed by atoms with Gasteiger partial charge in [0, 0.05) is 5.56 Å². The van der Waals surface area contributed by atoms with Crippen molar-refractivity contribution in [2.75, 3.05) is 20.2 Å². The summed E-state index contributed by atoms with van der Waals surface area (Å²) < 4.78 is 4.46. The Hall–Kier alpha value is -1.39. The van der Waals surface area contributed by atoms with Crippen molar-refractivity contribution < 1.29 is 32.0 Å². The first kappa shape index (κ1) is 14.6. The summed E-state index contributed by atoms with van der Waals surface area (Å²) in [5, 5.41) is 1.63. The Morgan fingerprint density at radius 1 is 1.19 bits per heavy atom. The highest BCUT2D eigenvalue weighted by atomic mass is 35.5. The minimum Gasteiger partial charge on any atom is -1.00 e. The predicted octanol–water partition coefficient (Wildman–Crippen LogP) is -3.39. The quantitative estimate of drug-likeness (QED) is 0.434. The van der Waals surface area contributed by atoms with E-state index in [1.54, 1.807) is 17.4 Å². The highest BCUT2D eigenvalue weighted by molar-refractivity contribution is 5.96. The highest BCUT2D eigenvalue weighted by Crippen LogP contribution is 1.97. The van der Waals surface area contributed by atoms with Gasteiger partial charge in [0.1, 0.15) is 6.54 Å². The smallest absolute Gasteiger partial charge is 0.361 e. The first-order chi connectivity index (χ1) is 7.24. The van der Waals surface area contributed by atoms with Crippen LogP contribution < -0.4 is 17.7 Å². The molecule has 0 aliphatic carbocycles. The van der Waals surface area contributed by atoms with Gasteiger partial charge >= 0.3 is 5.97 Å². The Morgan fingerprint density at radius 3 is 2.38 bits per heavy atom. The molecule has 0 saturated heterocycles. The number of hydrogen-bond acceptors (Lipinski definition) is 3. The number of quaternary nitrogens is 1. The van der Waals surface area contributed by atoms with Crippen molar-refractivity contribution >= 4 is 11.8 Å². The molecule has 1 aromatic carbocycles. The SMILES string of the molecule is COC(=O)C[NH2+]CC(=O)c1ccccc1.[Cl-]. The molecule has 0 unspecified atom stereocenters. The number of methoxy groups -OCH3 is 1. The molecule has 0 aromatic heterocycles. The maximum atomic E-state index is 11.5. The number of rotatable bonds is 5. The molecule has 0 aliphatic heterocycles. The predicted molar refractivity (Wildman–Crippen MR) is 54.4 cm³/mol. The molecule has 5 heteroatoms. The first-order valence-corrected chi connectivity index (χ1v) is 4.70. The van der Waals surface area contributed by atoms with Gasteiger partial charge in [0.25, 0.3) is 0 Å². The summed E-state index contributed by atoms with van der Waals surface area (Å²) in [5.74, 6) is -0.310. The summed E-state index contributed by atoms with van der Waals surface area (Å²) in [6.07, 6.45) is 0. The minimum atomic E-state index is -0.323. The molecule has 1 aromatic rings. The van der Waals surface area contributed by atoms with Gasteiger partial charge in [-0.2, -0.15) is 0 Å². The van der Waals surface area contributed by atoms with Crippen LogP contribution in [0.3, 0.4) is 0 Å². The zero-order valence-corrected chi connectivity index (χ0v) is 9.74. The lowest BCUT2D eigenvalue weighted by molar-refractivity contribution is -0.633. The second kappa shape index (κ2) is 7.84. The number of hydrogen-bond donors (Lipinski definition) is 1. The summed E-state index contributed by atoms with van der Waals surface area (Å²) in [5.41, 5.74) is 0.665. The van der Waals surface area contributed by atoms with Crippen LogP contribution in [0.25, 0.3) is 0 Å². The van der Waals surface area contributed by atoms with Crippen LogP contribution in [0.5, 0.6) is 0 Å². The van der Waals surface area contributed by atoms with Gasteiger partial charge in [-0.25, -0.2) is 4.79 Å². The summed E-state index contributed by atoms with van der Waals surface area (Å²) in [6, 6.07) is 9.00. The van der Waals surface area contributed by atoms with Crippen LogP contribution in [0.15, 0.2) is 30.3 Å².